The molecule has 1 amide bonds. The van der Waals surface area contributed by atoms with Crippen molar-refractivity contribution in [3.63, 3.8) is 0 Å². The standard InChI is InChI=1S/C14H15BrN4O/c1-3-16-11-6-9(2)4-5-10(11)14(20)19-13-8-17-12(15)7-18-13/h4-8,16H,3H2,1-2H3,(H,18,19,20). The first-order valence-corrected chi connectivity index (χ1v) is 7.03. The number of nitrogens with zero attached hydrogens (tertiary/aromatic N) is 2. The first kappa shape index (κ1) is 14.5. The van der Waals surface area contributed by atoms with Crippen molar-refractivity contribution in [2.75, 3.05) is 17.2 Å². The Balaban J connectivity index is 2.22. The van der Waals surface area contributed by atoms with Crippen LogP contribution in [0.1, 0.15) is 22.8 Å². The summed E-state index contributed by atoms with van der Waals surface area (Å²) in [4.78, 5) is 20.4. The Morgan fingerprint density at radius 1 is 1.30 bits per heavy atom. The van der Waals surface area contributed by atoms with E-state index in [0.717, 1.165) is 17.8 Å². The van der Waals surface area contributed by atoms with Gasteiger partial charge in [0, 0.05) is 12.2 Å². The van der Waals surface area contributed by atoms with Crippen LogP contribution in [0.5, 0.6) is 0 Å². The normalized spacial score (nSPS) is 10.2. The van der Waals surface area contributed by atoms with E-state index in [1.807, 2.05) is 26.0 Å². The quantitative estimate of drug-likeness (QED) is 0.900. The zero-order chi connectivity index (χ0) is 14.5. The highest BCUT2D eigenvalue weighted by Gasteiger charge is 2.12. The molecule has 104 valence electrons. The number of amides is 1. The summed E-state index contributed by atoms with van der Waals surface area (Å²) in [6, 6.07) is 5.66. The third kappa shape index (κ3) is 3.54. The van der Waals surface area contributed by atoms with Crippen LogP contribution in [0.4, 0.5) is 11.5 Å². The molecule has 0 spiro atoms. The average molecular weight is 335 g/mol. The summed E-state index contributed by atoms with van der Waals surface area (Å²) in [5.41, 5.74) is 2.50. The molecule has 0 aliphatic rings. The smallest absolute Gasteiger partial charge is 0.258 e. The molecule has 2 aromatic rings. The monoisotopic (exact) mass is 334 g/mol. The zero-order valence-electron chi connectivity index (χ0n) is 11.3. The van der Waals surface area contributed by atoms with Crippen LogP contribution in [0.25, 0.3) is 0 Å². The van der Waals surface area contributed by atoms with Gasteiger partial charge < -0.3 is 10.6 Å². The van der Waals surface area contributed by atoms with Crippen LogP contribution in [0.3, 0.4) is 0 Å². The van der Waals surface area contributed by atoms with Crippen LogP contribution in [0, 0.1) is 6.92 Å². The number of benzene rings is 1. The second-order valence-electron chi connectivity index (χ2n) is 4.26. The van der Waals surface area contributed by atoms with Gasteiger partial charge in [-0.25, -0.2) is 9.97 Å². The molecule has 2 rings (SSSR count). The van der Waals surface area contributed by atoms with E-state index in [-0.39, 0.29) is 5.91 Å². The van der Waals surface area contributed by atoms with E-state index in [4.69, 9.17) is 0 Å². The fourth-order valence-corrected chi connectivity index (χ4v) is 1.96. The fraction of sp³-hybridized carbons (Fsp3) is 0.214. The van der Waals surface area contributed by atoms with Crippen LogP contribution in [-0.2, 0) is 0 Å². The Hall–Kier alpha value is -1.95. The minimum atomic E-state index is -0.211. The summed E-state index contributed by atoms with van der Waals surface area (Å²) in [5.74, 6) is 0.207. The fourth-order valence-electron chi connectivity index (χ4n) is 1.75. The lowest BCUT2D eigenvalue weighted by molar-refractivity contribution is 0.102. The van der Waals surface area contributed by atoms with Gasteiger partial charge in [0.15, 0.2) is 5.82 Å². The van der Waals surface area contributed by atoms with Crippen LogP contribution in [0.2, 0.25) is 0 Å². The minimum Gasteiger partial charge on any atom is -0.385 e. The molecular weight excluding hydrogens is 320 g/mol. The summed E-state index contributed by atoms with van der Waals surface area (Å²) in [5, 5.41) is 5.92. The molecule has 0 radical (unpaired) electrons. The molecule has 20 heavy (non-hydrogen) atoms. The predicted octanol–water partition coefficient (Wildman–Crippen LogP) is 3.23. The molecule has 0 saturated heterocycles. The van der Waals surface area contributed by atoms with Crippen molar-refractivity contribution in [2.45, 2.75) is 13.8 Å². The summed E-state index contributed by atoms with van der Waals surface area (Å²) in [6.07, 6.45) is 3.04. The van der Waals surface area contributed by atoms with Gasteiger partial charge in [-0.2, -0.15) is 0 Å². The number of carbonyl (C=O) groups excluding carboxylic acids is 1. The molecule has 6 heteroatoms. The molecule has 5 nitrogen and oxygen atoms in total. The molecule has 0 saturated carbocycles. The van der Waals surface area contributed by atoms with E-state index in [9.17, 15) is 4.79 Å². The van der Waals surface area contributed by atoms with Crippen molar-refractivity contribution in [3.05, 3.63) is 46.3 Å². The summed E-state index contributed by atoms with van der Waals surface area (Å²) in [7, 11) is 0. The maximum absolute atomic E-state index is 12.3. The maximum atomic E-state index is 12.3. The zero-order valence-corrected chi connectivity index (χ0v) is 12.9. The second-order valence-corrected chi connectivity index (χ2v) is 5.07. The lowest BCUT2D eigenvalue weighted by Gasteiger charge is -2.11. The number of hydrogen-bond donors (Lipinski definition) is 2. The first-order valence-electron chi connectivity index (χ1n) is 6.23. The lowest BCUT2D eigenvalue weighted by Crippen LogP contribution is -2.16. The Morgan fingerprint density at radius 2 is 2.10 bits per heavy atom. The Morgan fingerprint density at radius 3 is 2.75 bits per heavy atom. The molecule has 1 heterocycles. The van der Waals surface area contributed by atoms with Crippen molar-refractivity contribution in [1.82, 2.24) is 9.97 Å². The van der Waals surface area contributed by atoms with Gasteiger partial charge in [-0.15, -0.1) is 0 Å². The van der Waals surface area contributed by atoms with E-state index in [1.54, 1.807) is 6.07 Å². The van der Waals surface area contributed by atoms with Gasteiger partial charge in [0.25, 0.3) is 5.91 Å². The topological polar surface area (TPSA) is 66.9 Å². The van der Waals surface area contributed by atoms with Crippen molar-refractivity contribution in [3.8, 4) is 0 Å². The maximum Gasteiger partial charge on any atom is 0.258 e. The molecule has 2 N–H and O–H groups in total. The van der Waals surface area contributed by atoms with Crippen LogP contribution < -0.4 is 10.6 Å². The van der Waals surface area contributed by atoms with Gasteiger partial charge in [0.1, 0.15) is 4.60 Å². The number of halogens is 1. The van der Waals surface area contributed by atoms with Crippen molar-refractivity contribution < 1.29 is 4.79 Å². The Kier molecular flexibility index (Phi) is 4.68. The largest absolute Gasteiger partial charge is 0.385 e. The first-order chi connectivity index (χ1) is 9.60. The van der Waals surface area contributed by atoms with E-state index in [0.29, 0.717) is 16.0 Å². The molecular formula is C14H15BrN4O. The lowest BCUT2D eigenvalue weighted by atomic mass is 10.1. The highest BCUT2D eigenvalue weighted by molar-refractivity contribution is 9.10. The molecule has 0 bridgehead atoms. The molecule has 0 aliphatic heterocycles. The van der Waals surface area contributed by atoms with Gasteiger partial charge in [-0.3, -0.25) is 4.79 Å². The van der Waals surface area contributed by atoms with Crippen molar-refractivity contribution in [2.24, 2.45) is 0 Å². The molecule has 1 aromatic heterocycles. The third-order valence-electron chi connectivity index (χ3n) is 2.65. The molecule has 0 atom stereocenters. The minimum absolute atomic E-state index is 0.211. The van der Waals surface area contributed by atoms with Crippen molar-refractivity contribution >= 4 is 33.3 Å². The predicted molar refractivity (Wildman–Crippen MR) is 83.0 cm³/mol. The van der Waals surface area contributed by atoms with Gasteiger partial charge in [-0.05, 0) is 47.5 Å². The number of rotatable bonds is 4. The number of carbonyl (C=O) groups is 1. The number of aryl methyl sites for hydroxylation is 1. The number of nitrogens with one attached hydrogen (secondary N) is 2. The van der Waals surface area contributed by atoms with Gasteiger partial charge in [0.05, 0.1) is 18.0 Å². The SMILES string of the molecule is CCNc1cc(C)ccc1C(=O)Nc1cnc(Br)cn1. The Labute approximate surface area is 126 Å². The van der Waals surface area contributed by atoms with E-state index in [2.05, 4.69) is 36.5 Å². The highest BCUT2D eigenvalue weighted by atomic mass is 79.9. The van der Waals surface area contributed by atoms with Crippen LogP contribution >= 0.6 is 15.9 Å². The average Bonchev–Trinajstić information content (AvgIpc) is 2.42. The van der Waals surface area contributed by atoms with Crippen LogP contribution in [-0.4, -0.2) is 22.4 Å². The summed E-state index contributed by atoms with van der Waals surface area (Å²) in [6.45, 7) is 4.73. The van der Waals surface area contributed by atoms with E-state index < -0.39 is 0 Å². The molecule has 1 aromatic carbocycles. The third-order valence-corrected chi connectivity index (χ3v) is 3.06. The Bertz CT molecular complexity index is 613. The highest BCUT2D eigenvalue weighted by Crippen LogP contribution is 2.19. The van der Waals surface area contributed by atoms with E-state index in [1.165, 1.54) is 12.4 Å². The van der Waals surface area contributed by atoms with Gasteiger partial charge >= 0.3 is 0 Å². The number of anilines is 2. The second kappa shape index (κ2) is 6.47. The van der Waals surface area contributed by atoms with Gasteiger partial charge in [-0.1, -0.05) is 6.07 Å². The molecule has 0 unspecified atom stereocenters. The number of aromatic nitrogens is 2. The number of hydrogen-bond acceptors (Lipinski definition) is 4. The summed E-state index contributed by atoms with van der Waals surface area (Å²) >= 11 is 3.20. The van der Waals surface area contributed by atoms with Gasteiger partial charge in [0.2, 0.25) is 0 Å². The van der Waals surface area contributed by atoms with E-state index >= 15 is 0 Å². The molecule has 0 aliphatic carbocycles. The van der Waals surface area contributed by atoms with Crippen molar-refractivity contribution in [1.29, 1.82) is 0 Å². The van der Waals surface area contributed by atoms with Crippen LogP contribution in [0.15, 0.2) is 35.2 Å². The summed E-state index contributed by atoms with van der Waals surface area (Å²) < 4.78 is 0.624. The molecule has 0 fully saturated rings.